The molecule has 0 aromatic heterocycles. The number of hydrogen-bond acceptors (Lipinski definition) is 4. The molecule has 0 atom stereocenters. The summed E-state index contributed by atoms with van der Waals surface area (Å²) in [5.41, 5.74) is 2.96. The van der Waals surface area contributed by atoms with Crippen molar-refractivity contribution in [3.05, 3.63) is 65.2 Å². The number of urea groups is 1. The largest absolute Gasteiger partial charge is 0.497 e. The van der Waals surface area contributed by atoms with Crippen LogP contribution in [0.25, 0.3) is 0 Å². The third-order valence-corrected chi connectivity index (χ3v) is 4.08. The summed E-state index contributed by atoms with van der Waals surface area (Å²) in [6.07, 6.45) is 0. The summed E-state index contributed by atoms with van der Waals surface area (Å²) in [7, 11) is 1.60. The Kier molecular flexibility index (Phi) is 8.81. The van der Waals surface area contributed by atoms with E-state index in [9.17, 15) is 9.59 Å². The molecule has 7 heteroatoms. The van der Waals surface area contributed by atoms with Gasteiger partial charge in [0, 0.05) is 19.7 Å². The van der Waals surface area contributed by atoms with Crippen LogP contribution in [-0.2, 0) is 29.2 Å². The van der Waals surface area contributed by atoms with Crippen LogP contribution < -0.4 is 20.7 Å². The highest BCUT2D eigenvalue weighted by Gasteiger charge is 2.07. The van der Waals surface area contributed by atoms with Crippen LogP contribution in [-0.4, -0.2) is 32.2 Å². The van der Waals surface area contributed by atoms with Gasteiger partial charge in [0.1, 0.15) is 5.75 Å². The first-order valence-electron chi connectivity index (χ1n) is 9.18. The second kappa shape index (κ2) is 11.6. The second-order valence-corrected chi connectivity index (χ2v) is 6.07. The Balaban J connectivity index is 1.69. The normalized spacial score (nSPS) is 10.2. The maximum absolute atomic E-state index is 11.9. The van der Waals surface area contributed by atoms with E-state index in [0.717, 1.165) is 22.4 Å². The Hall–Kier alpha value is -3.06. The first kappa shape index (κ1) is 21.2. The predicted molar refractivity (Wildman–Crippen MR) is 107 cm³/mol. The number of carbonyl (C=O) groups excluding carboxylic acids is 2. The molecule has 3 N–H and O–H groups in total. The van der Waals surface area contributed by atoms with Crippen LogP contribution in [0.4, 0.5) is 4.79 Å². The van der Waals surface area contributed by atoms with Crippen molar-refractivity contribution in [1.82, 2.24) is 16.0 Å². The fourth-order valence-electron chi connectivity index (χ4n) is 2.49. The van der Waals surface area contributed by atoms with Crippen LogP contribution in [0.3, 0.4) is 0 Å². The van der Waals surface area contributed by atoms with Crippen LogP contribution in [0.1, 0.15) is 23.6 Å². The maximum Gasteiger partial charge on any atom is 0.315 e. The van der Waals surface area contributed by atoms with E-state index in [-0.39, 0.29) is 12.5 Å². The molecule has 0 saturated carbocycles. The van der Waals surface area contributed by atoms with Crippen molar-refractivity contribution in [2.24, 2.45) is 0 Å². The first-order chi connectivity index (χ1) is 13.6. The van der Waals surface area contributed by atoms with E-state index in [0.29, 0.717) is 26.3 Å². The van der Waals surface area contributed by atoms with Gasteiger partial charge >= 0.3 is 6.03 Å². The molecule has 0 fully saturated rings. The molecule has 0 spiro atoms. The summed E-state index contributed by atoms with van der Waals surface area (Å²) >= 11 is 0. The number of carbonyl (C=O) groups is 2. The highest BCUT2D eigenvalue weighted by molar-refractivity contribution is 5.83. The molecule has 0 saturated heterocycles. The molecule has 3 amide bonds. The van der Waals surface area contributed by atoms with Gasteiger partial charge < -0.3 is 25.4 Å². The topological polar surface area (TPSA) is 88.7 Å². The lowest BCUT2D eigenvalue weighted by molar-refractivity contribution is -0.120. The zero-order chi connectivity index (χ0) is 20.2. The molecule has 2 rings (SSSR count). The summed E-state index contributed by atoms with van der Waals surface area (Å²) < 4.78 is 10.5. The molecule has 7 nitrogen and oxygen atoms in total. The molecule has 0 unspecified atom stereocenters. The van der Waals surface area contributed by atoms with Crippen LogP contribution in [0.2, 0.25) is 0 Å². The van der Waals surface area contributed by atoms with E-state index < -0.39 is 6.03 Å². The van der Waals surface area contributed by atoms with Gasteiger partial charge in [0.25, 0.3) is 0 Å². The quantitative estimate of drug-likeness (QED) is 0.586. The number of benzene rings is 2. The van der Waals surface area contributed by atoms with Crippen LogP contribution in [0.15, 0.2) is 48.5 Å². The third kappa shape index (κ3) is 7.28. The standard InChI is InChI=1S/C21H27N3O4/c1-3-28-15-18-7-5-4-6-17(18)13-23-21(26)24-14-20(25)22-12-16-8-10-19(27-2)11-9-16/h4-11H,3,12-15H2,1-2H3,(H,22,25)(H2,23,24,26). The summed E-state index contributed by atoms with van der Waals surface area (Å²) in [5.74, 6) is 0.499. The van der Waals surface area contributed by atoms with Crippen molar-refractivity contribution >= 4 is 11.9 Å². The maximum atomic E-state index is 11.9. The van der Waals surface area contributed by atoms with Gasteiger partial charge in [0.2, 0.25) is 5.91 Å². The van der Waals surface area contributed by atoms with Gasteiger partial charge in [-0.1, -0.05) is 36.4 Å². The van der Waals surface area contributed by atoms with E-state index in [1.807, 2.05) is 55.5 Å². The average molecular weight is 385 g/mol. The van der Waals surface area contributed by atoms with Crippen molar-refractivity contribution in [3.8, 4) is 5.75 Å². The lowest BCUT2D eigenvalue weighted by Crippen LogP contribution is -2.41. The van der Waals surface area contributed by atoms with Gasteiger partial charge in [-0.3, -0.25) is 4.79 Å². The lowest BCUT2D eigenvalue weighted by atomic mass is 10.1. The molecule has 150 valence electrons. The number of hydrogen-bond donors (Lipinski definition) is 3. The van der Waals surface area contributed by atoms with E-state index in [1.165, 1.54) is 0 Å². The number of amides is 3. The Bertz CT molecular complexity index is 763. The third-order valence-electron chi connectivity index (χ3n) is 4.08. The molecular weight excluding hydrogens is 358 g/mol. The second-order valence-electron chi connectivity index (χ2n) is 6.07. The van der Waals surface area contributed by atoms with Crippen LogP contribution in [0.5, 0.6) is 5.75 Å². The SMILES string of the molecule is CCOCc1ccccc1CNC(=O)NCC(=O)NCc1ccc(OC)cc1. The molecule has 0 aliphatic carbocycles. The molecule has 0 heterocycles. The smallest absolute Gasteiger partial charge is 0.315 e. The predicted octanol–water partition coefficient (Wildman–Crippen LogP) is 2.35. The summed E-state index contributed by atoms with van der Waals surface area (Å²) in [6, 6.07) is 14.8. The van der Waals surface area contributed by atoms with Gasteiger partial charge in [-0.05, 0) is 35.7 Å². The monoisotopic (exact) mass is 385 g/mol. The lowest BCUT2D eigenvalue weighted by Gasteiger charge is -2.12. The number of rotatable bonds is 10. The van der Waals surface area contributed by atoms with Gasteiger partial charge in [0.05, 0.1) is 20.3 Å². The van der Waals surface area contributed by atoms with E-state index in [4.69, 9.17) is 9.47 Å². The Labute approximate surface area is 165 Å². The Morgan fingerprint density at radius 1 is 0.893 bits per heavy atom. The van der Waals surface area contributed by atoms with Gasteiger partial charge in [0.15, 0.2) is 0 Å². The summed E-state index contributed by atoms with van der Waals surface area (Å²) in [6.45, 7) is 3.73. The van der Waals surface area contributed by atoms with Crippen LogP contribution >= 0.6 is 0 Å². The highest BCUT2D eigenvalue weighted by Crippen LogP contribution is 2.11. The fourth-order valence-corrected chi connectivity index (χ4v) is 2.49. The molecule has 0 radical (unpaired) electrons. The van der Waals surface area contributed by atoms with Crippen molar-refractivity contribution in [1.29, 1.82) is 0 Å². The van der Waals surface area contributed by atoms with Gasteiger partial charge in [-0.2, -0.15) is 0 Å². The summed E-state index contributed by atoms with van der Waals surface area (Å²) in [5, 5.41) is 8.07. The Morgan fingerprint density at radius 3 is 2.29 bits per heavy atom. The minimum atomic E-state index is -0.397. The Morgan fingerprint density at radius 2 is 1.61 bits per heavy atom. The van der Waals surface area contributed by atoms with Crippen molar-refractivity contribution in [2.45, 2.75) is 26.6 Å². The highest BCUT2D eigenvalue weighted by atomic mass is 16.5. The van der Waals surface area contributed by atoms with Gasteiger partial charge in [-0.15, -0.1) is 0 Å². The molecule has 0 aliphatic heterocycles. The minimum Gasteiger partial charge on any atom is -0.497 e. The van der Waals surface area contributed by atoms with E-state index in [2.05, 4.69) is 16.0 Å². The molecule has 28 heavy (non-hydrogen) atoms. The number of nitrogens with one attached hydrogen (secondary N) is 3. The molecule has 0 aliphatic rings. The van der Waals surface area contributed by atoms with Crippen molar-refractivity contribution in [2.75, 3.05) is 20.3 Å². The zero-order valence-electron chi connectivity index (χ0n) is 16.3. The molecule has 0 bridgehead atoms. The minimum absolute atomic E-state index is 0.0947. The number of ether oxygens (including phenoxy) is 2. The first-order valence-corrected chi connectivity index (χ1v) is 9.18. The van der Waals surface area contributed by atoms with E-state index >= 15 is 0 Å². The molecule has 2 aromatic rings. The van der Waals surface area contributed by atoms with Crippen molar-refractivity contribution < 1.29 is 19.1 Å². The average Bonchev–Trinajstić information content (AvgIpc) is 2.74. The number of methoxy groups -OCH3 is 1. The van der Waals surface area contributed by atoms with Crippen LogP contribution in [0, 0.1) is 0 Å². The molecule has 2 aromatic carbocycles. The van der Waals surface area contributed by atoms with Crippen molar-refractivity contribution in [3.63, 3.8) is 0 Å². The molecular formula is C21H27N3O4. The fraction of sp³-hybridized carbons (Fsp3) is 0.333. The summed E-state index contributed by atoms with van der Waals surface area (Å²) in [4.78, 5) is 23.8. The zero-order valence-corrected chi connectivity index (χ0v) is 16.3. The van der Waals surface area contributed by atoms with E-state index in [1.54, 1.807) is 7.11 Å². The van der Waals surface area contributed by atoms with Gasteiger partial charge in [-0.25, -0.2) is 4.79 Å².